The van der Waals surface area contributed by atoms with Gasteiger partial charge in [-0.1, -0.05) is 0 Å². The minimum atomic E-state index is 0.491. The molecule has 1 aliphatic heterocycles. The Bertz CT molecular complexity index is 301. The van der Waals surface area contributed by atoms with E-state index < -0.39 is 0 Å². The first-order valence-electron chi connectivity index (χ1n) is 4.58. The Labute approximate surface area is 77.4 Å². The lowest BCUT2D eigenvalue weighted by Gasteiger charge is -2.15. The Morgan fingerprint density at radius 1 is 1.62 bits per heavy atom. The van der Waals surface area contributed by atoms with Gasteiger partial charge in [0.05, 0.1) is 12.3 Å². The first-order valence-corrected chi connectivity index (χ1v) is 4.58. The summed E-state index contributed by atoms with van der Waals surface area (Å²) in [5.41, 5.74) is 2.31. The molecule has 1 aromatic rings. The summed E-state index contributed by atoms with van der Waals surface area (Å²) in [4.78, 5) is 8.43. The second-order valence-electron chi connectivity index (χ2n) is 2.98. The van der Waals surface area contributed by atoms with Gasteiger partial charge in [-0.2, -0.15) is 4.98 Å². The van der Waals surface area contributed by atoms with Crippen LogP contribution in [0.5, 0.6) is 6.01 Å². The van der Waals surface area contributed by atoms with Crippen LogP contribution in [0.1, 0.15) is 18.2 Å². The monoisotopic (exact) mass is 179 g/mol. The Balaban J connectivity index is 2.24. The first-order chi connectivity index (χ1) is 6.40. The SMILES string of the molecule is CCOc1ncc2c(n1)CNCC2. The van der Waals surface area contributed by atoms with Gasteiger partial charge in [0.25, 0.3) is 0 Å². The van der Waals surface area contributed by atoms with E-state index in [1.807, 2.05) is 13.1 Å². The van der Waals surface area contributed by atoms with Crippen LogP contribution in [0.25, 0.3) is 0 Å². The van der Waals surface area contributed by atoms with E-state index in [1.165, 1.54) is 5.56 Å². The Morgan fingerprint density at radius 3 is 3.38 bits per heavy atom. The molecule has 0 unspecified atom stereocenters. The summed E-state index contributed by atoms with van der Waals surface area (Å²) in [6.45, 7) is 4.40. The highest BCUT2D eigenvalue weighted by molar-refractivity contribution is 5.21. The molecule has 4 heteroatoms. The first kappa shape index (κ1) is 8.44. The zero-order valence-electron chi connectivity index (χ0n) is 7.71. The summed E-state index contributed by atoms with van der Waals surface area (Å²) in [7, 11) is 0. The van der Waals surface area contributed by atoms with Gasteiger partial charge in [0.15, 0.2) is 0 Å². The molecular formula is C9H13N3O. The highest BCUT2D eigenvalue weighted by Crippen LogP contribution is 2.12. The molecule has 0 aromatic carbocycles. The molecule has 13 heavy (non-hydrogen) atoms. The van der Waals surface area contributed by atoms with E-state index in [0.717, 1.165) is 25.2 Å². The van der Waals surface area contributed by atoms with Crippen LogP contribution in [-0.2, 0) is 13.0 Å². The fourth-order valence-electron chi connectivity index (χ4n) is 1.41. The largest absolute Gasteiger partial charge is 0.464 e. The number of fused-ring (bicyclic) bond motifs is 1. The molecule has 0 bridgehead atoms. The van der Waals surface area contributed by atoms with Crippen molar-refractivity contribution in [1.82, 2.24) is 15.3 Å². The number of hydrogen-bond donors (Lipinski definition) is 1. The molecule has 0 spiro atoms. The number of nitrogens with zero attached hydrogens (tertiary/aromatic N) is 2. The highest BCUT2D eigenvalue weighted by atomic mass is 16.5. The highest BCUT2D eigenvalue weighted by Gasteiger charge is 2.11. The predicted octanol–water partition coefficient (Wildman–Crippen LogP) is 0.521. The molecule has 1 aliphatic rings. The molecule has 0 fully saturated rings. The van der Waals surface area contributed by atoms with E-state index in [0.29, 0.717) is 12.6 Å². The number of aromatic nitrogens is 2. The lowest BCUT2D eigenvalue weighted by molar-refractivity contribution is 0.310. The summed E-state index contributed by atoms with van der Waals surface area (Å²) >= 11 is 0. The van der Waals surface area contributed by atoms with E-state index >= 15 is 0 Å². The summed E-state index contributed by atoms with van der Waals surface area (Å²) < 4.78 is 5.22. The minimum absolute atomic E-state index is 0.491. The molecule has 0 saturated carbocycles. The van der Waals surface area contributed by atoms with Crippen molar-refractivity contribution in [3.63, 3.8) is 0 Å². The van der Waals surface area contributed by atoms with Crippen molar-refractivity contribution >= 4 is 0 Å². The Kier molecular flexibility index (Phi) is 2.40. The van der Waals surface area contributed by atoms with E-state index in [2.05, 4.69) is 15.3 Å². The lowest BCUT2D eigenvalue weighted by Crippen LogP contribution is -2.25. The predicted molar refractivity (Wildman–Crippen MR) is 48.6 cm³/mol. The number of nitrogens with one attached hydrogen (secondary N) is 1. The summed E-state index contributed by atoms with van der Waals surface area (Å²) in [5, 5.41) is 3.26. The van der Waals surface area contributed by atoms with Crippen LogP contribution in [0.4, 0.5) is 0 Å². The van der Waals surface area contributed by atoms with Gasteiger partial charge in [0, 0.05) is 12.7 Å². The van der Waals surface area contributed by atoms with Crippen LogP contribution >= 0.6 is 0 Å². The average molecular weight is 179 g/mol. The molecule has 0 amide bonds. The van der Waals surface area contributed by atoms with Crippen molar-refractivity contribution in [3.8, 4) is 6.01 Å². The Morgan fingerprint density at radius 2 is 2.54 bits per heavy atom. The van der Waals surface area contributed by atoms with Crippen LogP contribution < -0.4 is 10.1 Å². The van der Waals surface area contributed by atoms with Crippen molar-refractivity contribution in [2.24, 2.45) is 0 Å². The van der Waals surface area contributed by atoms with E-state index in [-0.39, 0.29) is 0 Å². The van der Waals surface area contributed by atoms with Gasteiger partial charge in [-0.05, 0) is 25.5 Å². The fraction of sp³-hybridized carbons (Fsp3) is 0.556. The fourth-order valence-corrected chi connectivity index (χ4v) is 1.41. The smallest absolute Gasteiger partial charge is 0.316 e. The third-order valence-electron chi connectivity index (χ3n) is 2.07. The van der Waals surface area contributed by atoms with Crippen LogP contribution in [0, 0.1) is 0 Å². The van der Waals surface area contributed by atoms with Gasteiger partial charge in [-0.15, -0.1) is 0 Å². The maximum Gasteiger partial charge on any atom is 0.316 e. The van der Waals surface area contributed by atoms with Gasteiger partial charge in [0.2, 0.25) is 0 Å². The molecule has 0 atom stereocenters. The minimum Gasteiger partial charge on any atom is -0.464 e. The zero-order valence-corrected chi connectivity index (χ0v) is 7.71. The maximum absolute atomic E-state index is 5.22. The molecule has 2 heterocycles. The third kappa shape index (κ3) is 1.78. The molecule has 1 aromatic heterocycles. The van der Waals surface area contributed by atoms with Gasteiger partial charge in [-0.25, -0.2) is 4.98 Å². The van der Waals surface area contributed by atoms with Crippen molar-refractivity contribution in [1.29, 1.82) is 0 Å². The molecule has 0 saturated heterocycles. The van der Waals surface area contributed by atoms with Crippen LogP contribution in [-0.4, -0.2) is 23.1 Å². The van der Waals surface area contributed by atoms with Gasteiger partial charge >= 0.3 is 6.01 Å². The maximum atomic E-state index is 5.22. The van der Waals surface area contributed by atoms with Crippen LogP contribution in [0.15, 0.2) is 6.20 Å². The third-order valence-corrected chi connectivity index (χ3v) is 2.07. The van der Waals surface area contributed by atoms with Crippen LogP contribution in [0.2, 0.25) is 0 Å². The second kappa shape index (κ2) is 3.70. The zero-order chi connectivity index (χ0) is 9.10. The normalized spacial score (nSPS) is 15.2. The average Bonchev–Trinajstić information content (AvgIpc) is 2.18. The Hall–Kier alpha value is -1.16. The standard InChI is InChI=1S/C9H13N3O/c1-2-13-9-11-5-7-3-4-10-6-8(7)12-9/h5,10H,2-4,6H2,1H3. The summed E-state index contributed by atoms with van der Waals surface area (Å²) in [5.74, 6) is 0. The molecule has 2 rings (SSSR count). The number of rotatable bonds is 2. The van der Waals surface area contributed by atoms with Gasteiger partial charge < -0.3 is 10.1 Å². The molecule has 4 nitrogen and oxygen atoms in total. The molecular weight excluding hydrogens is 166 g/mol. The molecule has 0 aliphatic carbocycles. The second-order valence-corrected chi connectivity index (χ2v) is 2.98. The quantitative estimate of drug-likeness (QED) is 0.719. The van der Waals surface area contributed by atoms with Gasteiger partial charge in [0.1, 0.15) is 0 Å². The van der Waals surface area contributed by atoms with E-state index in [1.54, 1.807) is 0 Å². The summed E-state index contributed by atoms with van der Waals surface area (Å²) in [6.07, 6.45) is 2.88. The number of ether oxygens (including phenoxy) is 1. The number of hydrogen-bond acceptors (Lipinski definition) is 4. The van der Waals surface area contributed by atoms with E-state index in [9.17, 15) is 0 Å². The van der Waals surface area contributed by atoms with Crippen molar-refractivity contribution in [2.45, 2.75) is 19.9 Å². The lowest BCUT2D eigenvalue weighted by atomic mass is 10.1. The topological polar surface area (TPSA) is 47.0 Å². The van der Waals surface area contributed by atoms with Gasteiger partial charge in [-0.3, -0.25) is 0 Å². The summed E-state index contributed by atoms with van der Waals surface area (Å²) in [6, 6.07) is 0.491. The van der Waals surface area contributed by atoms with E-state index in [4.69, 9.17) is 4.74 Å². The van der Waals surface area contributed by atoms with Crippen molar-refractivity contribution in [3.05, 3.63) is 17.5 Å². The van der Waals surface area contributed by atoms with Crippen LogP contribution in [0.3, 0.4) is 0 Å². The molecule has 1 N–H and O–H groups in total. The van der Waals surface area contributed by atoms with Crippen molar-refractivity contribution < 1.29 is 4.74 Å². The molecule has 70 valence electrons. The molecule has 0 radical (unpaired) electrons. The van der Waals surface area contributed by atoms with Crippen molar-refractivity contribution in [2.75, 3.05) is 13.2 Å².